The molecule has 6 saturated carbocycles. The molecule has 3 aromatic rings. The van der Waals surface area contributed by atoms with Crippen molar-refractivity contribution in [1.82, 2.24) is 20.4 Å². The summed E-state index contributed by atoms with van der Waals surface area (Å²) in [5.41, 5.74) is 19.5. The van der Waals surface area contributed by atoms with Crippen molar-refractivity contribution in [2.45, 2.75) is 241 Å². The minimum atomic E-state index is -0.881. The lowest BCUT2D eigenvalue weighted by molar-refractivity contribution is -0.139. The average Bonchev–Trinajstić information content (AvgIpc) is 1.54. The highest BCUT2D eigenvalue weighted by atomic mass is 79.9. The first-order valence-corrected chi connectivity index (χ1v) is 42.0. The van der Waals surface area contributed by atoms with Crippen LogP contribution in [0.15, 0.2) is 64.6 Å². The molecule has 7 fully saturated rings. The summed E-state index contributed by atoms with van der Waals surface area (Å²) >= 11 is 10.4. The number of nitrogens with two attached hydrogens (primary N) is 2. The maximum atomic E-state index is 14.7. The van der Waals surface area contributed by atoms with Crippen LogP contribution < -0.4 is 22.1 Å². The number of guanidine groups is 1. The molecule has 3 atom stereocenters. The first kappa shape index (κ1) is 83.1. The number of carbonyl (C=O) groups is 3. The number of benzene rings is 3. The van der Waals surface area contributed by atoms with E-state index in [0.29, 0.717) is 43.5 Å². The minimum Gasteiger partial charge on any atom is -0.385 e. The Morgan fingerprint density at radius 1 is 0.524 bits per heavy atom. The van der Waals surface area contributed by atoms with Gasteiger partial charge < -0.3 is 55.3 Å². The summed E-state index contributed by atoms with van der Waals surface area (Å²) in [7, 11) is 13.8. The van der Waals surface area contributed by atoms with Gasteiger partial charge in [-0.15, -0.1) is 0 Å². The highest BCUT2D eigenvalue weighted by Gasteiger charge is 2.69. The van der Waals surface area contributed by atoms with Gasteiger partial charge in [-0.3, -0.25) is 24.2 Å². The van der Waals surface area contributed by atoms with E-state index in [0.717, 1.165) is 194 Å². The summed E-state index contributed by atoms with van der Waals surface area (Å²) in [6.07, 6.45) is 34.3. The van der Waals surface area contributed by atoms with Gasteiger partial charge in [-0.2, -0.15) is 0 Å². The van der Waals surface area contributed by atoms with E-state index in [9.17, 15) is 14.4 Å². The summed E-state index contributed by atoms with van der Waals surface area (Å²) in [6.45, 7) is 4.03. The van der Waals surface area contributed by atoms with Crippen LogP contribution in [0.1, 0.15) is 218 Å². The van der Waals surface area contributed by atoms with Crippen molar-refractivity contribution in [2.75, 3.05) is 107 Å². The van der Waals surface area contributed by atoms with E-state index < -0.39 is 16.6 Å². The predicted molar refractivity (Wildman–Crippen MR) is 429 cm³/mol. The number of hydrogen-bond donors (Lipinski definition) is 4. The van der Waals surface area contributed by atoms with Gasteiger partial charge in [0.1, 0.15) is 0 Å². The molecular formula is C84H127BrN8O10S2. The Morgan fingerprint density at radius 3 is 1.30 bits per heavy atom. The fourth-order valence-corrected chi connectivity index (χ4v) is 20.7. The molecule has 582 valence electrons. The lowest BCUT2D eigenvalue weighted by atomic mass is 9.61. The second-order valence-electron chi connectivity index (χ2n) is 31.9. The van der Waals surface area contributed by atoms with E-state index >= 15 is 0 Å². The predicted octanol–water partition coefficient (Wildman–Crippen LogP) is 13.9. The van der Waals surface area contributed by atoms with Crippen LogP contribution in [0.4, 0.5) is 0 Å². The van der Waals surface area contributed by atoms with Gasteiger partial charge in [0.2, 0.25) is 0 Å². The number of alkyl halides is 1. The molecule has 0 bridgehead atoms. The molecule has 6 spiro atoms. The van der Waals surface area contributed by atoms with Crippen LogP contribution in [0.3, 0.4) is 0 Å². The minimum absolute atomic E-state index is 0. The summed E-state index contributed by atoms with van der Waals surface area (Å²) in [5.74, 6) is 4.28. The van der Waals surface area contributed by atoms with Crippen LogP contribution in [0.5, 0.6) is 0 Å². The molecule has 18 nitrogen and oxygen atoms in total. The third-order valence-corrected chi connectivity index (χ3v) is 27.4. The Bertz CT molecular complexity index is 3470. The maximum Gasteiger partial charge on any atom is 0.262 e. The van der Waals surface area contributed by atoms with Crippen molar-refractivity contribution in [2.24, 2.45) is 55.5 Å². The number of rotatable bonds is 27. The normalized spacial score (nSPS) is 29.3. The highest BCUT2D eigenvalue weighted by molar-refractivity contribution is 9.09. The fraction of sp³-hybridized carbons (Fsp3) is 0.714. The molecule has 3 aliphatic heterocycles. The van der Waals surface area contributed by atoms with E-state index in [-0.39, 0.29) is 53.6 Å². The van der Waals surface area contributed by atoms with Gasteiger partial charge in [-0.05, 0) is 248 Å². The van der Waals surface area contributed by atoms with Gasteiger partial charge in [0.05, 0.1) is 18.3 Å². The number of amidine groups is 1. The molecule has 3 aromatic carbocycles. The van der Waals surface area contributed by atoms with Crippen LogP contribution in [0.2, 0.25) is 0 Å². The molecule has 12 aliphatic rings. The highest BCUT2D eigenvalue weighted by Crippen LogP contribution is 2.65. The summed E-state index contributed by atoms with van der Waals surface area (Å²) in [5, 5.41) is 8.79. The molecule has 6 N–H and O–H groups in total. The number of hydrogen-bond acceptors (Lipinski definition) is 16. The number of amides is 3. The van der Waals surface area contributed by atoms with Gasteiger partial charge in [-0.25, -0.2) is 9.98 Å². The molecule has 3 amide bonds. The van der Waals surface area contributed by atoms with E-state index in [2.05, 4.69) is 86.9 Å². The van der Waals surface area contributed by atoms with Crippen molar-refractivity contribution in [1.29, 1.82) is 0 Å². The number of carbonyl (C=O) groups excluding carboxylic acids is 3. The van der Waals surface area contributed by atoms with Crippen molar-refractivity contribution in [3.8, 4) is 0 Å². The SMILES string of the molecule is C.CN.COC1CCC2(CC1)Cc1ccc(CCC3CC3)cc1C21NC(=S)NC1=O.COCCCBr.COCCCN1C(=O)C2(N=C1N)c1cc(CCC3CC3)ccc1CC21CCC(OC)CC1.COCCCSC1=NC2(C(=O)N1CCCOC)c1cc(CCC3CC3)ccc1CC21CCC(OC)CC1. The Hall–Kier alpha value is -4.39. The van der Waals surface area contributed by atoms with Crippen LogP contribution in [-0.2, 0) is 103 Å². The van der Waals surface area contributed by atoms with Gasteiger partial charge >= 0.3 is 0 Å². The summed E-state index contributed by atoms with van der Waals surface area (Å²) in [6, 6.07) is 20.7. The quantitative estimate of drug-likeness (QED) is 0.0317. The number of aliphatic imine (C=N–C) groups is 2. The van der Waals surface area contributed by atoms with Crippen molar-refractivity contribution in [3.05, 3.63) is 105 Å². The number of fused-ring (bicyclic) bond motifs is 9. The number of halogens is 1. The zero-order chi connectivity index (χ0) is 73.7. The van der Waals surface area contributed by atoms with Crippen LogP contribution in [-0.4, -0.2) is 169 Å². The zero-order valence-corrected chi connectivity index (χ0v) is 67.2. The van der Waals surface area contributed by atoms with Gasteiger partial charge in [0.25, 0.3) is 17.7 Å². The maximum absolute atomic E-state index is 14.7. The molecule has 9 aliphatic carbocycles. The first-order chi connectivity index (χ1) is 50.6. The lowest BCUT2D eigenvalue weighted by Crippen LogP contribution is -2.56. The summed E-state index contributed by atoms with van der Waals surface area (Å²) in [4.78, 5) is 56.4. The zero-order valence-electron chi connectivity index (χ0n) is 64.0. The summed E-state index contributed by atoms with van der Waals surface area (Å²) < 4.78 is 37.6. The van der Waals surface area contributed by atoms with Gasteiger partial charge in [0.15, 0.2) is 32.9 Å². The Balaban J connectivity index is 0.000000161. The lowest BCUT2D eigenvalue weighted by Gasteiger charge is -2.46. The van der Waals surface area contributed by atoms with E-state index in [1.54, 1.807) is 59.3 Å². The molecule has 105 heavy (non-hydrogen) atoms. The Morgan fingerprint density at radius 2 is 0.905 bits per heavy atom. The third kappa shape index (κ3) is 17.5. The number of thiocarbonyl (C=S) groups is 1. The smallest absolute Gasteiger partial charge is 0.262 e. The van der Waals surface area contributed by atoms with Crippen LogP contribution >= 0.6 is 39.9 Å². The van der Waals surface area contributed by atoms with Crippen molar-refractivity contribution >= 4 is 73.9 Å². The van der Waals surface area contributed by atoms with Gasteiger partial charge in [-0.1, -0.05) is 128 Å². The molecule has 1 saturated heterocycles. The monoisotopic (exact) mass is 1550 g/mol. The first-order valence-electron chi connectivity index (χ1n) is 39.5. The van der Waals surface area contributed by atoms with Crippen molar-refractivity contribution in [3.63, 3.8) is 0 Å². The molecule has 3 heterocycles. The number of nitrogens with zero attached hydrogens (tertiary/aromatic N) is 4. The largest absolute Gasteiger partial charge is 0.385 e. The second kappa shape index (κ2) is 37.5. The third-order valence-electron chi connectivity index (χ3n) is 25.6. The van der Waals surface area contributed by atoms with E-state index in [1.165, 1.54) is 109 Å². The molecule has 0 radical (unpaired) electrons. The van der Waals surface area contributed by atoms with Crippen molar-refractivity contribution < 1.29 is 47.5 Å². The Kier molecular flexibility index (Phi) is 29.7. The number of thioether (sulfide) groups is 1. The standard InChI is InChI=1S/C30H44N2O4S.C26H37N3O3.C22H28N2O2S.C4H9BrO.CH5N.CH4/c1-34-17-4-16-32-27(33)30(31-28(32)37-19-5-18-35-2)26-20-23(9-8-22-6-7-22)10-11-24(26)21-29(30)14-12-25(36-3)13-15-29;1-31-15-3-14-29-23(30)26(28-24(29)27)22-16-19(7-6-18-4-5-18)8-9-20(22)17-25(26)12-10-21(32-2)11-13-25;1-26-17-8-10-21(11-9-17)13-16-7-6-15(5-4-14-2-3-14)12-18(16)22(21)19(25)23-20(27)24-22;1-6-4-2-3-5;1-2;/h10-11,20,22,25H,4-9,12-19,21H2,1-3H3;8-9,16,18,21H,3-7,10-15,17H2,1-2H3,(H2,27,28);6-7,12,14,17H,2-5,8-11,13H2,1H3,(H2,23,24,25,27);2-4H2,1H3;2H2,1H3;1H4. The van der Waals surface area contributed by atoms with E-state index in [4.69, 9.17) is 61.1 Å². The number of ether oxygens (including phenoxy) is 7. The molecular weight excluding hydrogens is 1430 g/mol. The number of nitrogens with one attached hydrogen (secondary N) is 2. The molecule has 15 rings (SSSR count). The van der Waals surface area contributed by atoms with Crippen LogP contribution in [0.25, 0.3) is 0 Å². The molecule has 3 unspecified atom stereocenters. The fourth-order valence-electron chi connectivity index (χ4n) is 19.3. The second-order valence-corrected chi connectivity index (χ2v) is 34.1. The molecule has 0 aromatic heterocycles. The topological polar surface area (TPSA) is 223 Å². The number of aryl methyl sites for hydroxylation is 3. The Labute approximate surface area is 646 Å². The van der Waals surface area contributed by atoms with Crippen LogP contribution in [0, 0.1) is 34.0 Å². The van der Waals surface area contributed by atoms with Gasteiger partial charge in [0, 0.05) is 117 Å². The van der Waals surface area contributed by atoms with E-state index in [1.807, 2.05) is 12.0 Å². The average molecular weight is 1550 g/mol. The number of methoxy groups -OCH3 is 7. The molecule has 21 heteroatoms.